The molecule has 0 unspecified atom stereocenters. The number of fused-ring (bicyclic) bond motifs is 10. The van der Waals surface area contributed by atoms with Crippen LogP contribution in [0.3, 0.4) is 0 Å². The number of aromatic nitrogens is 6. The second kappa shape index (κ2) is 8.85. The molecule has 0 saturated carbocycles. The van der Waals surface area contributed by atoms with Crippen LogP contribution in [0, 0.1) is 0 Å². The summed E-state index contributed by atoms with van der Waals surface area (Å²) in [5, 5.41) is 0. The molecule has 0 N–H and O–H groups in total. The zero-order valence-corrected chi connectivity index (χ0v) is 23.1. The van der Waals surface area contributed by atoms with Gasteiger partial charge in [-0.05, 0) is 76.2 Å². The molecule has 1 aliphatic heterocycles. The Morgan fingerprint density at radius 3 is 1.32 bits per heavy atom. The summed E-state index contributed by atoms with van der Waals surface area (Å²) in [6.45, 7) is 8.74. The predicted octanol–water partition coefficient (Wildman–Crippen LogP) is 7.15. The normalized spacial score (nSPS) is 14.9. The quantitative estimate of drug-likeness (QED) is 0.242. The first-order chi connectivity index (χ1) is 19.3. The van der Waals surface area contributed by atoms with Crippen LogP contribution in [0.5, 0.6) is 0 Å². The number of pyridine rings is 2. The van der Waals surface area contributed by atoms with Gasteiger partial charge in [-0.1, -0.05) is 36.4 Å². The largest absolute Gasteiger partial charge is 0.302 e. The lowest BCUT2D eigenvalue weighted by atomic mass is 9.86. The van der Waals surface area contributed by atoms with Crippen molar-refractivity contribution < 1.29 is 0 Å². The number of imidazole rings is 2. The van der Waals surface area contributed by atoms with E-state index in [2.05, 4.69) is 110 Å². The lowest BCUT2D eigenvalue weighted by molar-refractivity contribution is 0.560. The molecule has 0 amide bonds. The fourth-order valence-electron chi connectivity index (χ4n) is 5.58. The van der Waals surface area contributed by atoms with Gasteiger partial charge in [0.1, 0.15) is 11.6 Å². The summed E-state index contributed by atoms with van der Waals surface area (Å²) < 4.78 is 4.38. The maximum absolute atomic E-state index is 5.26. The molecule has 7 rings (SSSR count). The Labute approximate surface area is 234 Å². The van der Waals surface area contributed by atoms with Crippen LogP contribution in [0.2, 0.25) is 0 Å². The van der Waals surface area contributed by atoms with Crippen molar-refractivity contribution in [2.45, 2.75) is 38.5 Å². The number of hydrogen-bond donors (Lipinski definition) is 0. The predicted molar refractivity (Wildman–Crippen MR) is 158 cm³/mol. The van der Waals surface area contributed by atoms with Gasteiger partial charge in [0.25, 0.3) is 0 Å². The zero-order chi connectivity index (χ0) is 27.5. The number of nitrogens with zero attached hydrogens (tertiary/aromatic N) is 6. The Hall–Kier alpha value is -4.84. The minimum Gasteiger partial charge on any atom is -0.302 e. The van der Waals surface area contributed by atoms with Gasteiger partial charge in [-0.3, -0.25) is 9.97 Å². The van der Waals surface area contributed by atoms with E-state index in [4.69, 9.17) is 19.9 Å². The maximum Gasteiger partial charge on any atom is 0.125 e. The van der Waals surface area contributed by atoms with E-state index in [9.17, 15) is 0 Å². The van der Waals surface area contributed by atoms with E-state index in [-0.39, 0.29) is 0 Å². The van der Waals surface area contributed by atoms with E-state index < -0.39 is 10.8 Å². The van der Waals surface area contributed by atoms with Crippen molar-refractivity contribution in [1.82, 2.24) is 29.1 Å². The molecule has 6 heteroatoms. The van der Waals surface area contributed by atoms with Crippen LogP contribution in [0.4, 0.5) is 0 Å². The van der Waals surface area contributed by atoms with Gasteiger partial charge in [0.05, 0.1) is 33.6 Å². The van der Waals surface area contributed by atoms with Gasteiger partial charge in [-0.25, -0.2) is 9.97 Å². The molecule has 0 radical (unpaired) electrons. The van der Waals surface area contributed by atoms with E-state index in [1.165, 1.54) is 0 Å². The smallest absolute Gasteiger partial charge is 0.125 e. The lowest BCUT2D eigenvalue weighted by Crippen LogP contribution is -2.25. The molecule has 0 atom stereocenters. The molecule has 0 spiro atoms. The highest BCUT2D eigenvalue weighted by Crippen LogP contribution is 2.39. The van der Waals surface area contributed by atoms with Crippen LogP contribution in [-0.4, -0.2) is 29.1 Å². The summed E-state index contributed by atoms with van der Waals surface area (Å²) in [6, 6.07) is 29.1. The van der Waals surface area contributed by atoms with E-state index in [0.717, 1.165) is 56.9 Å². The van der Waals surface area contributed by atoms with Crippen molar-refractivity contribution in [2.75, 3.05) is 0 Å². The highest BCUT2D eigenvalue weighted by Gasteiger charge is 2.35. The first-order valence-corrected chi connectivity index (χ1v) is 13.6. The molecule has 0 fully saturated rings. The monoisotopic (exact) mass is 522 g/mol. The zero-order valence-electron chi connectivity index (χ0n) is 23.1. The molecule has 8 bridgehead atoms. The summed E-state index contributed by atoms with van der Waals surface area (Å²) >= 11 is 0. The topological polar surface area (TPSA) is 61.4 Å². The maximum atomic E-state index is 5.26. The minimum atomic E-state index is -0.492. The number of benzene rings is 2. The first kappa shape index (κ1) is 24.2. The lowest BCUT2D eigenvalue weighted by Gasteiger charge is -2.25. The highest BCUT2D eigenvalue weighted by atomic mass is 15.1. The Bertz CT molecular complexity index is 1710. The summed E-state index contributed by atoms with van der Waals surface area (Å²) in [7, 11) is 0. The fraction of sp³-hybridized carbons (Fsp3) is 0.176. The van der Waals surface area contributed by atoms with Crippen molar-refractivity contribution in [3.05, 3.63) is 133 Å². The van der Waals surface area contributed by atoms with Crippen molar-refractivity contribution in [3.63, 3.8) is 0 Å². The summed E-state index contributed by atoms with van der Waals surface area (Å²) in [4.78, 5) is 20.2. The molecule has 6 nitrogen and oxygen atoms in total. The molecule has 1 aliphatic rings. The Kier molecular flexibility index (Phi) is 5.36. The molecule has 0 aliphatic carbocycles. The Balaban J connectivity index is 1.54. The molecule has 40 heavy (non-hydrogen) atoms. The number of rotatable bonds is 2. The molecule has 2 aromatic carbocycles. The molecule has 4 aromatic heterocycles. The van der Waals surface area contributed by atoms with Gasteiger partial charge < -0.3 is 9.13 Å². The third kappa shape index (κ3) is 3.79. The van der Waals surface area contributed by atoms with Crippen LogP contribution in [-0.2, 0) is 10.8 Å². The molecular weight excluding hydrogens is 492 g/mol. The van der Waals surface area contributed by atoms with Gasteiger partial charge in [0.2, 0.25) is 0 Å². The van der Waals surface area contributed by atoms with Crippen molar-refractivity contribution in [2.24, 2.45) is 0 Å². The fourth-order valence-corrected chi connectivity index (χ4v) is 5.58. The molecule has 0 saturated heterocycles. The standard InChI is InChI=1S/C34H30N6/c1-33(2)29-19-23(15-17-35-29)28-22-40(26-13-9-6-10-14-26)32(38-28)34(3,4)30-20-24(16-18-36-30)27-21-39(31(33)37-27)25-11-7-5-8-12-25/h5-22H,1-4H3. The second-order valence-corrected chi connectivity index (χ2v) is 11.4. The van der Waals surface area contributed by atoms with Crippen LogP contribution in [0.15, 0.2) is 110 Å². The average Bonchev–Trinajstić information content (AvgIpc) is 3.65. The van der Waals surface area contributed by atoms with E-state index in [1.54, 1.807) is 0 Å². The van der Waals surface area contributed by atoms with Gasteiger partial charge in [0, 0.05) is 47.3 Å². The average molecular weight is 523 g/mol. The Morgan fingerprint density at radius 2 is 0.925 bits per heavy atom. The first-order valence-electron chi connectivity index (χ1n) is 13.6. The molecule has 6 aromatic rings. The number of para-hydroxylation sites is 2. The van der Waals surface area contributed by atoms with Gasteiger partial charge >= 0.3 is 0 Å². The van der Waals surface area contributed by atoms with Crippen LogP contribution >= 0.6 is 0 Å². The number of hydrogen-bond acceptors (Lipinski definition) is 4. The van der Waals surface area contributed by atoms with Gasteiger partial charge in [-0.15, -0.1) is 0 Å². The summed E-state index contributed by atoms with van der Waals surface area (Å²) in [5.41, 5.74) is 6.82. The minimum absolute atomic E-state index is 0.492. The van der Waals surface area contributed by atoms with Crippen molar-refractivity contribution in [1.29, 1.82) is 0 Å². The van der Waals surface area contributed by atoms with Gasteiger partial charge in [0.15, 0.2) is 0 Å². The summed E-state index contributed by atoms with van der Waals surface area (Å²) in [5.74, 6) is 1.84. The molecular formula is C34H30N6. The van der Waals surface area contributed by atoms with Gasteiger partial charge in [-0.2, -0.15) is 0 Å². The Morgan fingerprint density at radius 1 is 0.525 bits per heavy atom. The van der Waals surface area contributed by atoms with Crippen molar-refractivity contribution in [3.8, 4) is 33.9 Å². The van der Waals surface area contributed by atoms with E-state index in [1.807, 2.05) is 36.7 Å². The third-order valence-electron chi connectivity index (χ3n) is 7.99. The second-order valence-electron chi connectivity index (χ2n) is 11.4. The van der Waals surface area contributed by atoms with Crippen LogP contribution < -0.4 is 0 Å². The highest BCUT2D eigenvalue weighted by molar-refractivity contribution is 5.64. The molecule has 196 valence electrons. The van der Waals surface area contributed by atoms with Crippen LogP contribution in [0.25, 0.3) is 33.9 Å². The summed E-state index contributed by atoms with van der Waals surface area (Å²) in [6.07, 6.45) is 8.02. The SMILES string of the molecule is CC1(C)c2cc(ccn2)-c2cn(-c3ccccc3)c(n2)C(C)(C)c2cc(ccn2)-c2cn(-c3ccccc3)c1n2. The molecule has 5 heterocycles. The van der Waals surface area contributed by atoms with Crippen molar-refractivity contribution >= 4 is 0 Å². The van der Waals surface area contributed by atoms with E-state index in [0.29, 0.717) is 0 Å². The third-order valence-corrected chi connectivity index (χ3v) is 7.99. The van der Waals surface area contributed by atoms with Crippen LogP contribution in [0.1, 0.15) is 50.7 Å². The van der Waals surface area contributed by atoms with E-state index >= 15 is 0 Å².